The first-order valence-electron chi connectivity index (χ1n) is 8.65. The summed E-state index contributed by atoms with van der Waals surface area (Å²) in [6.07, 6.45) is -3.81. The fraction of sp³-hybridized carbons (Fsp3) is 0.278. The second-order valence-corrected chi connectivity index (χ2v) is 6.70. The number of hydrogen-bond acceptors (Lipinski definition) is 4. The molecular weight excluding hydrogens is 415 g/mol. The summed E-state index contributed by atoms with van der Waals surface area (Å²) in [5.74, 6) is -2.55. The fourth-order valence-corrected chi connectivity index (χ4v) is 3.40. The van der Waals surface area contributed by atoms with Gasteiger partial charge in [-0.2, -0.15) is 13.2 Å². The highest BCUT2D eigenvalue weighted by atomic mass is 19.4. The van der Waals surface area contributed by atoms with Gasteiger partial charge in [0.2, 0.25) is 5.91 Å². The Balaban J connectivity index is 1.49. The minimum atomic E-state index is -4.74. The summed E-state index contributed by atoms with van der Waals surface area (Å²) in [6.45, 7) is -1.24. The van der Waals surface area contributed by atoms with Gasteiger partial charge in [0.25, 0.3) is 0 Å². The molecule has 2 aliphatic rings. The number of carbonyl (C=O) groups excluding carboxylic acids is 2. The maximum absolute atomic E-state index is 14.0. The summed E-state index contributed by atoms with van der Waals surface area (Å²) in [4.78, 5) is 28.8. The number of carbonyl (C=O) groups is 2. The van der Waals surface area contributed by atoms with E-state index in [1.807, 2.05) is 0 Å². The Kier molecular flexibility index (Phi) is 4.71. The summed E-state index contributed by atoms with van der Waals surface area (Å²) in [5.41, 5.74) is -1.51. The molecule has 4 rings (SSSR count). The Morgan fingerprint density at radius 1 is 1.33 bits per heavy atom. The van der Waals surface area contributed by atoms with E-state index >= 15 is 0 Å². The van der Waals surface area contributed by atoms with Crippen LogP contribution in [0.25, 0.3) is 0 Å². The number of rotatable bonds is 3. The van der Waals surface area contributed by atoms with Gasteiger partial charge in [-0.25, -0.2) is 13.6 Å². The zero-order valence-electron chi connectivity index (χ0n) is 15.0. The molecule has 0 aliphatic carbocycles. The first kappa shape index (κ1) is 19.9. The molecule has 1 atom stereocenters. The highest BCUT2D eigenvalue weighted by molar-refractivity contribution is 5.95. The minimum absolute atomic E-state index is 0.0400. The molecular formula is C18H13F5N4O3. The van der Waals surface area contributed by atoms with E-state index in [2.05, 4.69) is 15.6 Å². The number of alkyl halides is 3. The van der Waals surface area contributed by atoms with Gasteiger partial charge in [-0.3, -0.25) is 9.78 Å². The van der Waals surface area contributed by atoms with Crippen molar-refractivity contribution in [1.82, 2.24) is 15.2 Å². The largest absolute Gasteiger partial charge is 0.490 e. The van der Waals surface area contributed by atoms with Crippen molar-refractivity contribution in [2.45, 2.75) is 18.8 Å². The number of anilines is 1. The third-order valence-corrected chi connectivity index (χ3v) is 4.68. The molecule has 2 N–H and O–H groups in total. The number of aromatic nitrogens is 1. The maximum Gasteiger partial charge on any atom is 0.433 e. The second kappa shape index (κ2) is 7.11. The van der Waals surface area contributed by atoms with Gasteiger partial charge in [-0.05, 0) is 6.07 Å². The van der Waals surface area contributed by atoms with E-state index in [0.717, 1.165) is 17.2 Å². The number of hydrogen-bond donors (Lipinski definition) is 2. The van der Waals surface area contributed by atoms with Gasteiger partial charge < -0.3 is 20.3 Å². The molecule has 0 spiro atoms. The SMILES string of the molecule is O=C(CN1Cc2c(ccnc2C(F)(F)F)NC1=O)N[C@H]1COc2cc(F)cc(F)c21. The molecule has 7 nitrogen and oxygen atoms in total. The van der Waals surface area contributed by atoms with Gasteiger partial charge in [0.1, 0.15) is 30.5 Å². The number of benzene rings is 1. The zero-order chi connectivity index (χ0) is 21.6. The molecule has 0 unspecified atom stereocenters. The third-order valence-electron chi connectivity index (χ3n) is 4.68. The van der Waals surface area contributed by atoms with Gasteiger partial charge in [-0.1, -0.05) is 0 Å². The van der Waals surface area contributed by atoms with Crippen molar-refractivity contribution >= 4 is 17.6 Å². The fourth-order valence-electron chi connectivity index (χ4n) is 3.40. The molecule has 3 amide bonds. The van der Waals surface area contributed by atoms with E-state index in [1.165, 1.54) is 6.07 Å². The number of fused-ring (bicyclic) bond motifs is 2. The Bertz CT molecular complexity index is 1040. The predicted octanol–water partition coefficient (Wildman–Crippen LogP) is 2.98. The lowest BCUT2D eigenvalue weighted by Crippen LogP contribution is -2.46. The summed E-state index contributed by atoms with van der Waals surface area (Å²) in [5, 5.41) is 4.74. The number of ether oxygens (including phenoxy) is 1. The zero-order valence-corrected chi connectivity index (χ0v) is 15.0. The first-order valence-corrected chi connectivity index (χ1v) is 8.65. The smallest absolute Gasteiger partial charge is 0.433 e. The lowest BCUT2D eigenvalue weighted by molar-refractivity contribution is -0.142. The molecule has 0 radical (unpaired) electrons. The van der Waals surface area contributed by atoms with Gasteiger partial charge in [0.15, 0.2) is 5.69 Å². The average molecular weight is 428 g/mol. The van der Waals surface area contributed by atoms with Crippen LogP contribution in [-0.4, -0.2) is 35.0 Å². The Hall–Kier alpha value is -3.44. The van der Waals surface area contributed by atoms with Crippen LogP contribution in [0.3, 0.4) is 0 Å². The molecule has 0 fully saturated rings. The first-order chi connectivity index (χ1) is 14.1. The average Bonchev–Trinajstić information content (AvgIpc) is 3.03. The number of nitrogens with zero attached hydrogens (tertiary/aromatic N) is 2. The maximum atomic E-state index is 14.0. The van der Waals surface area contributed by atoms with Crippen molar-refractivity contribution in [1.29, 1.82) is 0 Å². The van der Waals surface area contributed by atoms with E-state index in [4.69, 9.17) is 4.74 Å². The standard InChI is InChI=1S/C18H13F5N4O3/c19-8-3-10(20)15-12(7-30-13(15)4-8)25-14(28)6-27-5-9-11(26-17(27)29)1-2-24-16(9)18(21,22)23/h1-4,12H,5-7H2,(H,25,28)(H,26,29)/t12-/m0/s1. The van der Waals surface area contributed by atoms with Gasteiger partial charge in [-0.15, -0.1) is 0 Å². The van der Waals surface area contributed by atoms with E-state index in [9.17, 15) is 31.5 Å². The molecule has 30 heavy (non-hydrogen) atoms. The summed E-state index contributed by atoms with van der Waals surface area (Å²) >= 11 is 0. The number of halogens is 5. The van der Waals surface area contributed by atoms with Gasteiger partial charge >= 0.3 is 12.2 Å². The lowest BCUT2D eigenvalue weighted by Gasteiger charge is -2.30. The molecule has 1 aromatic carbocycles. The number of urea groups is 1. The summed E-state index contributed by atoms with van der Waals surface area (Å²) in [6, 6.07) is 1.15. The molecule has 2 aromatic rings. The van der Waals surface area contributed by atoms with Crippen LogP contribution >= 0.6 is 0 Å². The quantitative estimate of drug-likeness (QED) is 0.737. The molecule has 1 aromatic heterocycles. The summed E-state index contributed by atoms with van der Waals surface area (Å²) in [7, 11) is 0. The lowest BCUT2D eigenvalue weighted by atomic mass is 10.1. The van der Waals surface area contributed by atoms with E-state index in [-0.39, 0.29) is 29.2 Å². The van der Waals surface area contributed by atoms with Crippen molar-refractivity contribution in [3.63, 3.8) is 0 Å². The van der Waals surface area contributed by atoms with Crippen LogP contribution in [0, 0.1) is 11.6 Å². The normalized spacial score (nSPS) is 17.7. The topological polar surface area (TPSA) is 83.6 Å². The van der Waals surface area contributed by atoms with Crippen LogP contribution in [0.5, 0.6) is 5.75 Å². The number of pyridine rings is 1. The van der Waals surface area contributed by atoms with Crippen molar-refractivity contribution in [2.75, 3.05) is 18.5 Å². The van der Waals surface area contributed by atoms with E-state index in [0.29, 0.717) is 6.07 Å². The predicted molar refractivity (Wildman–Crippen MR) is 91.4 cm³/mol. The Labute approximate surface area is 165 Å². The van der Waals surface area contributed by atoms with Gasteiger partial charge in [0, 0.05) is 23.9 Å². The Morgan fingerprint density at radius 2 is 2.10 bits per heavy atom. The highest BCUT2D eigenvalue weighted by Crippen LogP contribution is 2.37. The van der Waals surface area contributed by atoms with Crippen LogP contribution in [0.4, 0.5) is 32.4 Å². The van der Waals surface area contributed by atoms with E-state index in [1.54, 1.807) is 0 Å². The molecule has 2 aliphatic heterocycles. The second-order valence-electron chi connectivity index (χ2n) is 6.70. The highest BCUT2D eigenvalue weighted by Gasteiger charge is 2.39. The van der Waals surface area contributed by atoms with Crippen LogP contribution < -0.4 is 15.4 Å². The van der Waals surface area contributed by atoms with Crippen molar-refractivity contribution in [3.05, 3.63) is 52.9 Å². The molecule has 12 heteroatoms. The van der Waals surface area contributed by atoms with Crippen molar-refractivity contribution in [2.24, 2.45) is 0 Å². The number of amides is 3. The van der Waals surface area contributed by atoms with Crippen LogP contribution in [0.2, 0.25) is 0 Å². The van der Waals surface area contributed by atoms with Crippen LogP contribution in [0.1, 0.15) is 22.9 Å². The molecule has 158 valence electrons. The number of nitrogens with one attached hydrogen (secondary N) is 2. The van der Waals surface area contributed by atoms with E-state index < -0.39 is 54.6 Å². The molecule has 0 bridgehead atoms. The monoisotopic (exact) mass is 428 g/mol. The van der Waals surface area contributed by atoms with Crippen molar-refractivity contribution in [3.8, 4) is 5.75 Å². The third kappa shape index (κ3) is 3.60. The van der Waals surface area contributed by atoms with Crippen LogP contribution in [-0.2, 0) is 17.5 Å². The van der Waals surface area contributed by atoms with Crippen molar-refractivity contribution < 1.29 is 36.3 Å². The minimum Gasteiger partial charge on any atom is -0.490 e. The molecule has 0 saturated heterocycles. The Morgan fingerprint density at radius 3 is 2.83 bits per heavy atom. The molecule has 3 heterocycles. The van der Waals surface area contributed by atoms with Gasteiger partial charge in [0.05, 0.1) is 23.8 Å². The summed E-state index contributed by atoms with van der Waals surface area (Å²) < 4.78 is 72.0. The molecule has 0 saturated carbocycles. The van der Waals surface area contributed by atoms with Crippen LogP contribution in [0.15, 0.2) is 24.4 Å².